The van der Waals surface area contributed by atoms with Crippen molar-refractivity contribution in [3.05, 3.63) is 58.9 Å². The van der Waals surface area contributed by atoms with Crippen molar-refractivity contribution in [3.8, 4) is 0 Å². The van der Waals surface area contributed by atoms with Crippen LogP contribution in [0.1, 0.15) is 30.5 Å². The third-order valence-electron chi connectivity index (χ3n) is 3.39. The molecule has 4 nitrogen and oxygen atoms in total. The number of aromatic nitrogens is 1. The maximum atomic E-state index is 11.9. The van der Waals surface area contributed by atoms with Gasteiger partial charge in [0.25, 0.3) is 0 Å². The third-order valence-corrected chi connectivity index (χ3v) is 3.70. The number of amides is 1. The topological polar surface area (TPSA) is 54.0 Å². The fourth-order valence-electron chi connectivity index (χ4n) is 2.09. The van der Waals surface area contributed by atoms with Crippen molar-refractivity contribution in [2.24, 2.45) is 0 Å². The zero-order chi connectivity index (χ0) is 15.9. The van der Waals surface area contributed by atoms with Crippen LogP contribution in [0.4, 0.5) is 5.69 Å². The van der Waals surface area contributed by atoms with E-state index in [-0.39, 0.29) is 11.9 Å². The fraction of sp³-hybridized carbons (Fsp3) is 0.294. The first-order valence-corrected chi connectivity index (χ1v) is 7.63. The molecule has 5 heteroatoms. The van der Waals surface area contributed by atoms with Crippen LogP contribution in [0.15, 0.2) is 42.7 Å². The Morgan fingerprint density at radius 2 is 2.18 bits per heavy atom. The average molecular weight is 318 g/mol. The Morgan fingerprint density at radius 3 is 2.86 bits per heavy atom. The van der Waals surface area contributed by atoms with Crippen LogP contribution in [-0.4, -0.2) is 17.4 Å². The second-order valence-electron chi connectivity index (χ2n) is 5.24. The van der Waals surface area contributed by atoms with Gasteiger partial charge >= 0.3 is 0 Å². The largest absolute Gasteiger partial charge is 0.325 e. The SMILES string of the molecule is Cc1ccc(NC(=O)CCN[C@H](C)c2cccnc2)c(Cl)c1. The molecule has 0 saturated heterocycles. The van der Waals surface area contributed by atoms with Gasteiger partial charge in [0.1, 0.15) is 0 Å². The zero-order valence-corrected chi connectivity index (χ0v) is 13.5. The van der Waals surface area contributed by atoms with Gasteiger partial charge in [-0.05, 0) is 43.2 Å². The predicted octanol–water partition coefficient (Wildman–Crippen LogP) is 3.72. The van der Waals surface area contributed by atoms with E-state index in [0.717, 1.165) is 11.1 Å². The van der Waals surface area contributed by atoms with E-state index < -0.39 is 0 Å². The summed E-state index contributed by atoms with van der Waals surface area (Å²) in [5, 5.41) is 6.69. The summed E-state index contributed by atoms with van der Waals surface area (Å²) in [5.41, 5.74) is 2.82. The number of carbonyl (C=O) groups excluding carboxylic acids is 1. The molecular formula is C17H20ClN3O. The van der Waals surface area contributed by atoms with Crippen molar-refractivity contribution in [3.63, 3.8) is 0 Å². The lowest BCUT2D eigenvalue weighted by Crippen LogP contribution is -2.24. The molecule has 1 aromatic carbocycles. The van der Waals surface area contributed by atoms with E-state index in [1.54, 1.807) is 6.20 Å². The van der Waals surface area contributed by atoms with Crippen LogP contribution in [0, 0.1) is 6.92 Å². The quantitative estimate of drug-likeness (QED) is 0.853. The molecule has 0 aliphatic rings. The molecule has 2 N–H and O–H groups in total. The highest BCUT2D eigenvalue weighted by Crippen LogP contribution is 2.22. The van der Waals surface area contributed by atoms with Crippen LogP contribution >= 0.6 is 11.6 Å². The first kappa shape index (κ1) is 16.5. The molecule has 1 atom stereocenters. The van der Waals surface area contributed by atoms with Crippen LogP contribution < -0.4 is 10.6 Å². The maximum absolute atomic E-state index is 11.9. The molecule has 0 aliphatic carbocycles. The van der Waals surface area contributed by atoms with Gasteiger partial charge in [0.05, 0.1) is 10.7 Å². The fourth-order valence-corrected chi connectivity index (χ4v) is 2.37. The molecule has 0 fully saturated rings. The predicted molar refractivity (Wildman–Crippen MR) is 90.1 cm³/mol. The van der Waals surface area contributed by atoms with Crippen molar-refractivity contribution >= 4 is 23.2 Å². The lowest BCUT2D eigenvalue weighted by atomic mass is 10.1. The minimum absolute atomic E-state index is 0.0587. The summed E-state index contributed by atoms with van der Waals surface area (Å²) in [7, 11) is 0. The Bertz CT molecular complexity index is 631. The van der Waals surface area contributed by atoms with Crippen molar-refractivity contribution in [1.29, 1.82) is 0 Å². The minimum atomic E-state index is -0.0587. The molecule has 1 aromatic heterocycles. The number of halogens is 1. The number of pyridine rings is 1. The van der Waals surface area contributed by atoms with Gasteiger partial charge in [0.2, 0.25) is 5.91 Å². The third kappa shape index (κ3) is 4.83. The van der Waals surface area contributed by atoms with Crippen LogP contribution in [0.25, 0.3) is 0 Å². The van der Waals surface area contributed by atoms with Gasteiger partial charge in [-0.2, -0.15) is 0 Å². The standard InChI is InChI=1S/C17H20ClN3O/c1-12-5-6-16(15(18)10-12)21-17(22)7-9-20-13(2)14-4-3-8-19-11-14/h3-6,8,10-11,13,20H,7,9H2,1-2H3,(H,21,22)/t13-/m1/s1. The smallest absolute Gasteiger partial charge is 0.225 e. The normalized spacial score (nSPS) is 12.0. The zero-order valence-electron chi connectivity index (χ0n) is 12.8. The molecule has 22 heavy (non-hydrogen) atoms. The molecule has 0 spiro atoms. The summed E-state index contributed by atoms with van der Waals surface area (Å²) in [6.07, 6.45) is 3.95. The van der Waals surface area contributed by atoms with E-state index in [1.165, 1.54) is 0 Å². The van der Waals surface area contributed by atoms with E-state index in [2.05, 4.69) is 15.6 Å². The van der Waals surface area contributed by atoms with Gasteiger partial charge in [-0.15, -0.1) is 0 Å². The minimum Gasteiger partial charge on any atom is -0.325 e. The molecule has 2 rings (SSSR count). The van der Waals surface area contributed by atoms with Crippen molar-refractivity contribution < 1.29 is 4.79 Å². The monoisotopic (exact) mass is 317 g/mol. The van der Waals surface area contributed by atoms with E-state index in [0.29, 0.717) is 23.7 Å². The van der Waals surface area contributed by atoms with Gasteiger partial charge in [0, 0.05) is 31.4 Å². The van der Waals surface area contributed by atoms with Crippen molar-refractivity contribution in [2.45, 2.75) is 26.3 Å². The number of rotatable bonds is 6. The molecule has 2 aromatic rings. The number of anilines is 1. The number of hydrogen-bond acceptors (Lipinski definition) is 3. The van der Waals surface area contributed by atoms with Crippen LogP contribution in [0.3, 0.4) is 0 Å². The van der Waals surface area contributed by atoms with E-state index in [9.17, 15) is 4.79 Å². The highest BCUT2D eigenvalue weighted by Gasteiger charge is 2.08. The highest BCUT2D eigenvalue weighted by molar-refractivity contribution is 6.33. The molecule has 0 unspecified atom stereocenters. The molecule has 1 heterocycles. The summed E-state index contributed by atoms with van der Waals surface area (Å²) < 4.78 is 0. The number of hydrogen-bond donors (Lipinski definition) is 2. The Labute approximate surface area is 135 Å². The first-order valence-electron chi connectivity index (χ1n) is 7.25. The molecule has 1 amide bonds. The molecule has 0 aliphatic heterocycles. The molecule has 0 radical (unpaired) electrons. The van der Waals surface area contributed by atoms with E-state index >= 15 is 0 Å². The molecule has 0 bridgehead atoms. The Hall–Kier alpha value is -1.91. The highest BCUT2D eigenvalue weighted by atomic mass is 35.5. The second-order valence-corrected chi connectivity index (χ2v) is 5.65. The number of nitrogens with one attached hydrogen (secondary N) is 2. The molecule has 0 saturated carbocycles. The van der Waals surface area contributed by atoms with Gasteiger partial charge in [-0.25, -0.2) is 0 Å². The van der Waals surface area contributed by atoms with E-state index in [4.69, 9.17) is 11.6 Å². The van der Waals surface area contributed by atoms with Gasteiger partial charge in [-0.3, -0.25) is 9.78 Å². The number of nitrogens with zero attached hydrogens (tertiary/aromatic N) is 1. The Kier molecular flexibility index (Phi) is 5.92. The Morgan fingerprint density at radius 1 is 1.36 bits per heavy atom. The maximum Gasteiger partial charge on any atom is 0.225 e. The van der Waals surface area contributed by atoms with E-state index in [1.807, 2.05) is 50.4 Å². The summed E-state index contributed by atoms with van der Waals surface area (Å²) in [5.74, 6) is -0.0587. The first-order chi connectivity index (χ1) is 10.6. The Balaban J connectivity index is 1.78. The molecule has 116 valence electrons. The number of carbonyl (C=O) groups is 1. The van der Waals surface area contributed by atoms with Gasteiger partial charge < -0.3 is 10.6 Å². The van der Waals surface area contributed by atoms with Crippen LogP contribution in [0.5, 0.6) is 0 Å². The lowest BCUT2D eigenvalue weighted by Gasteiger charge is -2.14. The summed E-state index contributed by atoms with van der Waals surface area (Å²) in [6, 6.07) is 9.64. The van der Waals surface area contributed by atoms with Crippen LogP contribution in [-0.2, 0) is 4.79 Å². The summed E-state index contributed by atoms with van der Waals surface area (Å²) >= 11 is 6.10. The number of aryl methyl sites for hydroxylation is 1. The van der Waals surface area contributed by atoms with Crippen LogP contribution in [0.2, 0.25) is 5.02 Å². The lowest BCUT2D eigenvalue weighted by molar-refractivity contribution is -0.116. The average Bonchev–Trinajstić information content (AvgIpc) is 2.51. The van der Waals surface area contributed by atoms with Gasteiger partial charge in [-0.1, -0.05) is 23.7 Å². The molecular weight excluding hydrogens is 298 g/mol. The number of benzene rings is 1. The van der Waals surface area contributed by atoms with Crippen molar-refractivity contribution in [1.82, 2.24) is 10.3 Å². The second kappa shape index (κ2) is 7.92. The summed E-state index contributed by atoms with van der Waals surface area (Å²) in [4.78, 5) is 16.0. The summed E-state index contributed by atoms with van der Waals surface area (Å²) in [6.45, 7) is 4.60. The van der Waals surface area contributed by atoms with Crippen molar-refractivity contribution in [2.75, 3.05) is 11.9 Å². The van der Waals surface area contributed by atoms with Gasteiger partial charge in [0.15, 0.2) is 0 Å².